The molecule has 31 heavy (non-hydrogen) atoms. The number of benzene rings is 2. The van der Waals surface area contributed by atoms with Crippen LogP contribution in [-0.2, 0) is 4.79 Å². The quantitative estimate of drug-likeness (QED) is 0.222. The number of nitrogens with one attached hydrogen (secondary N) is 1. The van der Waals surface area contributed by atoms with E-state index in [1.807, 2.05) is 24.3 Å². The van der Waals surface area contributed by atoms with Gasteiger partial charge >= 0.3 is 0 Å². The molecule has 0 unspecified atom stereocenters. The van der Waals surface area contributed by atoms with E-state index in [0.717, 1.165) is 37.1 Å². The third-order valence-electron chi connectivity index (χ3n) is 6.24. The predicted octanol–water partition coefficient (Wildman–Crippen LogP) is 7.17. The van der Waals surface area contributed by atoms with Crippen molar-refractivity contribution in [3.63, 3.8) is 0 Å². The molecule has 1 amide bonds. The van der Waals surface area contributed by atoms with E-state index in [1.165, 1.54) is 44.1 Å². The fourth-order valence-electron chi connectivity index (χ4n) is 4.37. The summed E-state index contributed by atoms with van der Waals surface area (Å²) in [5.74, 6) is 1.64. The van der Waals surface area contributed by atoms with Crippen LogP contribution in [-0.4, -0.2) is 17.4 Å². The predicted molar refractivity (Wildman–Crippen MR) is 132 cm³/mol. The standard InChI is InChI=1S/C27H35NO2S/c29-26(11-7-2-1-3-8-20-31)28-25-18-16-24(17-19-25)27(30)23-14-12-22(13-15-23)21-9-5-4-6-10-21/h12-19,21,31H,1-11,20H2,(H,28,29). The molecule has 0 heterocycles. The summed E-state index contributed by atoms with van der Waals surface area (Å²) in [7, 11) is 0. The number of amides is 1. The van der Waals surface area contributed by atoms with Gasteiger partial charge in [-0.1, -0.05) is 62.8 Å². The van der Waals surface area contributed by atoms with Crippen LogP contribution in [0.1, 0.15) is 98.0 Å². The molecule has 0 atom stereocenters. The molecule has 0 bridgehead atoms. The van der Waals surface area contributed by atoms with Crippen molar-refractivity contribution in [3.05, 3.63) is 65.2 Å². The van der Waals surface area contributed by atoms with E-state index in [0.29, 0.717) is 23.5 Å². The van der Waals surface area contributed by atoms with Gasteiger partial charge in [0.2, 0.25) is 5.91 Å². The Balaban J connectivity index is 1.47. The highest BCUT2D eigenvalue weighted by atomic mass is 32.1. The highest BCUT2D eigenvalue weighted by Gasteiger charge is 2.16. The second kappa shape index (κ2) is 12.7. The number of rotatable bonds is 11. The zero-order chi connectivity index (χ0) is 21.9. The Morgan fingerprint density at radius 1 is 0.774 bits per heavy atom. The minimum absolute atomic E-state index is 0.0225. The summed E-state index contributed by atoms with van der Waals surface area (Å²) in [5.41, 5.74) is 3.46. The minimum atomic E-state index is 0.0225. The average molecular weight is 438 g/mol. The topological polar surface area (TPSA) is 46.2 Å². The first-order chi connectivity index (χ1) is 15.2. The summed E-state index contributed by atoms with van der Waals surface area (Å²) >= 11 is 4.21. The van der Waals surface area contributed by atoms with Gasteiger partial charge in [0.05, 0.1) is 0 Å². The van der Waals surface area contributed by atoms with Crippen molar-refractivity contribution in [1.82, 2.24) is 0 Å². The first-order valence-electron chi connectivity index (χ1n) is 11.8. The zero-order valence-electron chi connectivity index (χ0n) is 18.4. The van der Waals surface area contributed by atoms with Crippen molar-refractivity contribution in [2.24, 2.45) is 0 Å². The fourth-order valence-corrected chi connectivity index (χ4v) is 4.59. The van der Waals surface area contributed by atoms with Gasteiger partial charge in [-0.2, -0.15) is 12.6 Å². The number of ketones is 1. The smallest absolute Gasteiger partial charge is 0.224 e. The minimum Gasteiger partial charge on any atom is -0.326 e. The van der Waals surface area contributed by atoms with Gasteiger partial charge in [-0.25, -0.2) is 0 Å². The number of carbonyl (C=O) groups is 2. The highest BCUT2D eigenvalue weighted by Crippen LogP contribution is 2.32. The third kappa shape index (κ3) is 7.53. The van der Waals surface area contributed by atoms with Crippen LogP contribution in [0, 0.1) is 0 Å². The molecule has 4 heteroatoms. The second-order valence-corrected chi connectivity index (χ2v) is 9.10. The molecular formula is C27H35NO2S. The van der Waals surface area contributed by atoms with E-state index in [4.69, 9.17) is 0 Å². The van der Waals surface area contributed by atoms with E-state index in [1.54, 1.807) is 12.1 Å². The maximum Gasteiger partial charge on any atom is 0.224 e. The molecule has 0 aromatic heterocycles. The lowest BCUT2D eigenvalue weighted by molar-refractivity contribution is -0.116. The van der Waals surface area contributed by atoms with Gasteiger partial charge in [-0.3, -0.25) is 9.59 Å². The number of hydrogen-bond donors (Lipinski definition) is 2. The molecule has 0 spiro atoms. The van der Waals surface area contributed by atoms with Crippen molar-refractivity contribution in [3.8, 4) is 0 Å². The maximum atomic E-state index is 12.8. The third-order valence-corrected chi connectivity index (χ3v) is 6.56. The van der Waals surface area contributed by atoms with Crippen molar-refractivity contribution in [2.75, 3.05) is 11.1 Å². The van der Waals surface area contributed by atoms with Crippen LogP contribution in [0.4, 0.5) is 5.69 Å². The number of thiol groups is 1. The molecule has 1 N–H and O–H groups in total. The molecule has 0 saturated heterocycles. The number of carbonyl (C=O) groups excluding carboxylic acids is 2. The summed E-state index contributed by atoms with van der Waals surface area (Å²) in [6.45, 7) is 0. The molecule has 1 fully saturated rings. The van der Waals surface area contributed by atoms with Crippen LogP contribution in [0.3, 0.4) is 0 Å². The maximum absolute atomic E-state index is 12.8. The van der Waals surface area contributed by atoms with Crippen LogP contribution in [0.5, 0.6) is 0 Å². The van der Waals surface area contributed by atoms with Crippen molar-refractivity contribution >= 4 is 30.0 Å². The SMILES string of the molecule is O=C(CCCCCCCS)Nc1ccc(C(=O)c2ccc(C3CCCCC3)cc2)cc1. The molecular weight excluding hydrogens is 402 g/mol. The first kappa shape index (κ1) is 23.6. The van der Waals surface area contributed by atoms with Crippen molar-refractivity contribution in [1.29, 1.82) is 0 Å². The van der Waals surface area contributed by atoms with E-state index in [-0.39, 0.29) is 11.7 Å². The molecule has 3 nitrogen and oxygen atoms in total. The molecule has 1 aliphatic carbocycles. The number of anilines is 1. The molecule has 0 aliphatic heterocycles. The Morgan fingerprint density at radius 2 is 1.35 bits per heavy atom. The average Bonchev–Trinajstić information content (AvgIpc) is 2.82. The van der Waals surface area contributed by atoms with Gasteiger partial charge in [0.1, 0.15) is 0 Å². The Labute approximate surface area is 192 Å². The van der Waals surface area contributed by atoms with E-state index in [9.17, 15) is 9.59 Å². The van der Waals surface area contributed by atoms with Gasteiger partial charge in [0.25, 0.3) is 0 Å². The molecule has 3 rings (SSSR count). The monoisotopic (exact) mass is 437 g/mol. The summed E-state index contributed by atoms with van der Waals surface area (Å²) in [6, 6.07) is 15.4. The van der Waals surface area contributed by atoms with Gasteiger partial charge in [-0.05, 0) is 67.2 Å². The zero-order valence-corrected chi connectivity index (χ0v) is 19.3. The molecule has 166 valence electrons. The molecule has 1 aliphatic rings. The largest absolute Gasteiger partial charge is 0.326 e. The van der Waals surface area contributed by atoms with Crippen LogP contribution in [0.2, 0.25) is 0 Å². The first-order valence-corrected chi connectivity index (χ1v) is 12.5. The van der Waals surface area contributed by atoms with Crippen LogP contribution in [0.25, 0.3) is 0 Å². The van der Waals surface area contributed by atoms with E-state index < -0.39 is 0 Å². The van der Waals surface area contributed by atoms with Gasteiger partial charge in [0.15, 0.2) is 5.78 Å². The number of unbranched alkanes of at least 4 members (excludes halogenated alkanes) is 4. The van der Waals surface area contributed by atoms with Crippen molar-refractivity contribution in [2.45, 2.75) is 76.5 Å². The fraction of sp³-hybridized carbons (Fsp3) is 0.481. The van der Waals surface area contributed by atoms with Crippen molar-refractivity contribution < 1.29 is 9.59 Å². The van der Waals surface area contributed by atoms with Gasteiger partial charge < -0.3 is 5.32 Å². The Kier molecular flexibility index (Phi) is 9.67. The van der Waals surface area contributed by atoms with Crippen LogP contribution >= 0.6 is 12.6 Å². The second-order valence-electron chi connectivity index (χ2n) is 8.65. The van der Waals surface area contributed by atoms with Gasteiger partial charge in [0, 0.05) is 23.2 Å². The normalized spacial score (nSPS) is 14.4. The Morgan fingerprint density at radius 3 is 2.00 bits per heavy atom. The summed E-state index contributed by atoms with van der Waals surface area (Å²) in [6.07, 6.45) is 12.5. The van der Waals surface area contributed by atoms with Gasteiger partial charge in [-0.15, -0.1) is 0 Å². The molecule has 2 aromatic carbocycles. The lowest BCUT2D eigenvalue weighted by atomic mass is 9.84. The van der Waals surface area contributed by atoms with Crippen LogP contribution in [0.15, 0.2) is 48.5 Å². The highest BCUT2D eigenvalue weighted by molar-refractivity contribution is 7.80. The van der Waals surface area contributed by atoms with E-state index >= 15 is 0 Å². The summed E-state index contributed by atoms with van der Waals surface area (Å²) in [4.78, 5) is 24.9. The molecule has 0 radical (unpaired) electrons. The molecule has 1 saturated carbocycles. The lowest BCUT2D eigenvalue weighted by Crippen LogP contribution is -2.11. The van der Waals surface area contributed by atoms with Crippen LogP contribution < -0.4 is 5.32 Å². The summed E-state index contributed by atoms with van der Waals surface area (Å²) < 4.78 is 0. The number of hydrogen-bond acceptors (Lipinski definition) is 3. The Bertz CT molecular complexity index is 823. The summed E-state index contributed by atoms with van der Waals surface area (Å²) in [5, 5.41) is 2.93. The Hall–Kier alpha value is -2.07. The lowest BCUT2D eigenvalue weighted by Gasteiger charge is -2.22. The van der Waals surface area contributed by atoms with E-state index in [2.05, 4.69) is 30.1 Å². The molecule has 2 aromatic rings.